The minimum atomic E-state index is -0.0258. The predicted molar refractivity (Wildman–Crippen MR) is 78.8 cm³/mol. The third-order valence-electron chi connectivity index (χ3n) is 2.47. The van der Waals surface area contributed by atoms with Gasteiger partial charge in [0.05, 0.1) is 12.9 Å². The largest absolute Gasteiger partial charge is 0.497 e. The number of anilines is 1. The molecular weight excluding hydrogens is 258 g/mol. The molecule has 0 spiro atoms. The molecule has 0 bridgehead atoms. The van der Waals surface area contributed by atoms with Crippen LogP contribution in [0.4, 0.5) is 5.69 Å². The van der Waals surface area contributed by atoms with Crippen molar-refractivity contribution in [2.75, 3.05) is 18.2 Å². The molecule has 0 radical (unpaired) electrons. The average Bonchev–Trinajstić information content (AvgIpc) is 2.46. The fourth-order valence-electron chi connectivity index (χ4n) is 1.56. The Balaban J connectivity index is 1.87. The van der Waals surface area contributed by atoms with Gasteiger partial charge in [-0.05, 0) is 24.3 Å². The van der Waals surface area contributed by atoms with E-state index in [1.165, 1.54) is 11.8 Å². The highest BCUT2D eigenvalue weighted by Crippen LogP contribution is 2.19. The maximum absolute atomic E-state index is 11.8. The molecule has 0 heterocycles. The fraction of sp³-hybridized carbons (Fsp3) is 0.133. The van der Waals surface area contributed by atoms with Crippen molar-refractivity contribution in [1.82, 2.24) is 0 Å². The van der Waals surface area contributed by atoms with Crippen LogP contribution in [0.5, 0.6) is 5.75 Å². The number of methoxy groups -OCH3 is 1. The molecule has 4 heteroatoms. The Morgan fingerprint density at radius 3 is 2.68 bits per heavy atom. The topological polar surface area (TPSA) is 38.3 Å². The number of carbonyl (C=O) groups is 1. The number of benzene rings is 2. The lowest BCUT2D eigenvalue weighted by Gasteiger charge is -2.06. The van der Waals surface area contributed by atoms with Gasteiger partial charge in [0.2, 0.25) is 5.91 Å². The third-order valence-corrected chi connectivity index (χ3v) is 3.48. The Morgan fingerprint density at radius 2 is 1.95 bits per heavy atom. The van der Waals surface area contributed by atoms with Crippen molar-refractivity contribution in [1.29, 1.82) is 0 Å². The summed E-state index contributed by atoms with van der Waals surface area (Å²) >= 11 is 1.51. The minimum absolute atomic E-state index is 0.0258. The highest BCUT2D eigenvalue weighted by molar-refractivity contribution is 8.00. The first-order valence-electron chi connectivity index (χ1n) is 5.89. The number of nitrogens with one attached hydrogen (secondary N) is 1. The van der Waals surface area contributed by atoms with Gasteiger partial charge in [0.1, 0.15) is 5.75 Å². The van der Waals surface area contributed by atoms with Crippen LogP contribution in [0.2, 0.25) is 0 Å². The maximum atomic E-state index is 11.8. The third kappa shape index (κ3) is 4.34. The summed E-state index contributed by atoms with van der Waals surface area (Å²) in [5.41, 5.74) is 0.748. The van der Waals surface area contributed by atoms with Gasteiger partial charge in [0.25, 0.3) is 0 Å². The Hall–Kier alpha value is -1.94. The first-order valence-corrected chi connectivity index (χ1v) is 6.88. The second-order valence-corrected chi connectivity index (χ2v) is 4.93. The van der Waals surface area contributed by atoms with E-state index < -0.39 is 0 Å². The van der Waals surface area contributed by atoms with E-state index in [9.17, 15) is 4.79 Å². The first-order chi connectivity index (χ1) is 9.28. The number of rotatable bonds is 5. The fourth-order valence-corrected chi connectivity index (χ4v) is 2.28. The lowest BCUT2D eigenvalue weighted by Crippen LogP contribution is -2.13. The molecule has 2 rings (SSSR count). The second kappa shape index (κ2) is 6.85. The highest BCUT2D eigenvalue weighted by Gasteiger charge is 2.04. The van der Waals surface area contributed by atoms with Gasteiger partial charge in [-0.2, -0.15) is 0 Å². The van der Waals surface area contributed by atoms with Gasteiger partial charge < -0.3 is 10.1 Å². The average molecular weight is 273 g/mol. The van der Waals surface area contributed by atoms with Crippen LogP contribution in [0.25, 0.3) is 0 Å². The van der Waals surface area contributed by atoms with Crippen LogP contribution in [-0.4, -0.2) is 18.8 Å². The molecule has 2 aromatic carbocycles. The lowest BCUT2D eigenvalue weighted by atomic mass is 10.3. The molecule has 1 amide bonds. The number of carbonyl (C=O) groups excluding carboxylic acids is 1. The molecule has 0 fully saturated rings. The Morgan fingerprint density at radius 1 is 1.16 bits per heavy atom. The number of amides is 1. The normalized spacial score (nSPS) is 9.95. The smallest absolute Gasteiger partial charge is 0.234 e. The van der Waals surface area contributed by atoms with E-state index in [4.69, 9.17) is 4.74 Å². The monoisotopic (exact) mass is 273 g/mol. The molecule has 0 aliphatic heterocycles. The number of hydrogen-bond acceptors (Lipinski definition) is 3. The lowest BCUT2D eigenvalue weighted by molar-refractivity contribution is -0.113. The van der Waals surface area contributed by atoms with Crippen molar-refractivity contribution in [3.05, 3.63) is 54.6 Å². The van der Waals surface area contributed by atoms with Crippen molar-refractivity contribution in [2.24, 2.45) is 0 Å². The van der Waals surface area contributed by atoms with Gasteiger partial charge >= 0.3 is 0 Å². The summed E-state index contributed by atoms with van der Waals surface area (Å²) < 4.78 is 5.11. The molecule has 2 aromatic rings. The predicted octanol–water partition coefficient (Wildman–Crippen LogP) is 3.43. The molecular formula is C15H15NO2S. The molecule has 98 valence electrons. The molecule has 0 saturated heterocycles. The number of ether oxygens (including phenoxy) is 1. The van der Waals surface area contributed by atoms with Gasteiger partial charge in [-0.3, -0.25) is 4.79 Å². The van der Waals surface area contributed by atoms with E-state index in [-0.39, 0.29) is 5.91 Å². The summed E-state index contributed by atoms with van der Waals surface area (Å²) in [5, 5.41) is 2.85. The highest BCUT2D eigenvalue weighted by atomic mass is 32.2. The van der Waals surface area contributed by atoms with Crippen LogP contribution >= 0.6 is 11.8 Å². The van der Waals surface area contributed by atoms with Crippen LogP contribution in [0, 0.1) is 0 Å². The van der Waals surface area contributed by atoms with Crippen molar-refractivity contribution in [2.45, 2.75) is 4.90 Å². The Kier molecular flexibility index (Phi) is 4.86. The quantitative estimate of drug-likeness (QED) is 0.848. The van der Waals surface area contributed by atoms with Gasteiger partial charge in [-0.15, -0.1) is 11.8 Å². The summed E-state index contributed by atoms with van der Waals surface area (Å²) in [6.45, 7) is 0. The molecule has 0 unspecified atom stereocenters. The summed E-state index contributed by atoms with van der Waals surface area (Å²) in [5.74, 6) is 1.09. The molecule has 0 aliphatic carbocycles. The minimum Gasteiger partial charge on any atom is -0.497 e. The molecule has 0 atom stereocenters. The zero-order chi connectivity index (χ0) is 13.5. The van der Waals surface area contributed by atoms with E-state index in [0.717, 1.165) is 16.3 Å². The van der Waals surface area contributed by atoms with Gasteiger partial charge in [0.15, 0.2) is 0 Å². The van der Waals surface area contributed by atoms with E-state index >= 15 is 0 Å². The molecule has 1 N–H and O–H groups in total. The molecule has 19 heavy (non-hydrogen) atoms. The van der Waals surface area contributed by atoms with Crippen molar-refractivity contribution in [3.8, 4) is 5.75 Å². The molecule has 0 aromatic heterocycles. The van der Waals surface area contributed by atoms with Gasteiger partial charge in [0, 0.05) is 16.6 Å². The number of thioether (sulfide) groups is 1. The summed E-state index contributed by atoms with van der Waals surface area (Å²) in [7, 11) is 1.60. The van der Waals surface area contributed by atoms with Gasteiger partial charge in [-0.25, -0.2) is 0 Å². The summed E-state index contributed by atoms with van der Waals surface area (Å²) in [4.78, 5) is 12.9. The van der Waals surface area contributed by atoms with Crippen LogP contribution in [-0.2, 0) is 4.79 Å². The van der Waals surface area contributed by atoms with Crippen LogP contribution in [0.15, 0.2) is 59.5 Å². The van der Waals surface area contributed by atoms with Crippen molar-refractivity contribution >= 4 is 23.4 Å². The number of hydrogen-bond donors (Lipinski definition) is 1. The first kappa shape index (κ1) is 13.5. The Labute approximate surface area is 117 Å². The van der Waals surface area contributed by atoms with Crippen LogP contribution in [0.3, 0.4) is 0 Å². The zero-order valence-corrected chi connectivity index (χ0v) is 11.4. The van der Waals surface area contributed by atoms with E-state index in [0.29, 0.717) is 5.75 Å². The zero-order valence-electron chi connectivity index (χ0n) is 10.6. The SMILES string of the molecule is COc1cccc(NC(=O)CSc2ccccc2)c1. The van der Waals surface area contributed by atoms with E-state index in [2.05, 4.69) is 5.32 Å². The standard InChI is InChI=1S/C15H15NO2S/c1-18-13-7-5-6-12(10-13)16-15(17)11-19-14-8-3-2-4-9-14/h2-10H,11H2,1H3,(H,16,17). The molecule has 3 nitrogen and oxygen atoms in total. The van der Waals surface area contributed by atoms with Crippen LogP contribution < -0.4 is 10.1 Å². The van der Waals surface area contributed by atoms with Crippen LogP contribution in [0.1, 0.15) is 0 Å². The van der Waals surface area contributed by atoms with Crippen molar-refractivity contribution < 1.29 is 9.53 Å². The van der Waals surface area contributed by atoms with Gasteiger partial charge in [-0.1, -0.05) is 24.3 Å². The molecule has 0 saturated carbocycles. The maximum Gasteiger partial charge on any atom is 0.234 e. The van der Waals surface area contributed by atoms with E-state index in [1.807, 2.05) is 48.5 Å². The van der Waals surface area contributed by atoms with E-state index in [1.54, 1.807) is 13.2 Å². The molecule has 0 aliphatic rings. The summed E-state index contributed by atoms with van der Waals surface area (Å²) in [6.07, 6.45) is 0. The Bertz CT molecular complexity index is 543. The summed E-state index contributed by atoms with van der Waals surface area (Å²) in [6, 6.07) is 17.2. The second-order valence-electron chi connectivity index (χ2n) is 3.88. The van der Waals surface area contributed by atoms with Crippen molar-refractivity contribution in [3.63, 3.8) is 0 Å².